The van der Waals surface area contributed by atoms with Crippen molar-refractivity contribution in [2.75, 3.05) is 0 Å². The van der Waals surface area contributed by atoms with Crippen LogP contribution in [0.5, 0.6) is 0 Å². The molecule has 0 radical (unpaired) electrons. The highest BCUT2D eigenvalue weighted by Gasteiger charge is 2.10. The number of hydrogen-bond donors (Lipinski definition) is 2. The fraction of sp³-hybridized carbons (Fsp3) is 0.417. The molecule has 0 aliphatic heterocycles. The molecular weight excluding hydrogens is 200 g/mol. The summed E-state index contributed by atoms with van der Waals surface area (Å²) in [5, 5.41) is 7.82. The van der Waals surface area contributed by atoms with Gasteiger partial charge >= 0.3 is 0 Å². The quantitative estimate of drug-likeness (QED) is 0.823. The van der Waals surface area contributed by atoms with Gasteiger partial charge in [-0.05, 0) is 26.0 Å². The molecule has 0 bridgehead atoms. The molecule has 4 heteroatoms. The molecule has 2 N–H and O–H groups in total. The molecule has 2 heterocycles. The summed E-state index contributed by atoms with van der Waals surface area (Å²) in [4.78, 5) is 3.18. The number of nitrogens with one attached hydrogen (secondary N) is 2. The maximum Gasteiger partial charge on any atom is 0.0641 e. The van der Waals surface area contributed by atoms with Crippen LogP contribution in [0.25, 0.3) is 0 Å². The van der Waals surface area contributed by atoms with Crippen LogP contribution in [-0.2, 0) is 13.6 Å². The van der Waals surface area contributed by atoms with E-state index in [0.717, 1.165) is 12.2 Å². The second kappa shape index (κ2) is 4.53. The second-order valence-electron chi connectivity index (χ2n) is 4.14. The fourth-order valence-electron chi connectivity index (χ4n) is 1.89. The maximum atomic E-state index is 4.35. The molecule has 0 aliphatic carbocycles. The number of aromatic nitrogens is 3. The lowest BCUT2D eigenvalue weighted by Gasteiger charge is -2.12. The summed E-state index contributed by atoms with van der Waals surface area (Å²) in [6.07, 6.45) is 4.01. The smallest absolute Gasteiger partial charge is 0.0641 e. The van der Waals surface area contributed by atoms with Crippen molar-refractivity contribution in [2.45, 2.75) is 26.4 Å². The van der Waals surface area contributed by atoms with E-state index >= 15 is 0 Å². The predicted molar refractivity (Wildman–Crippen MR) is 64.0 cm³/mol. The van der Waals surface area contributed by atoms with Gasteiger partial charge in [-0.3, -0.25) is 4.68 Å². The van der Waals surface area contributed by atoms with Crippen LogP contribution in [0.4, 0.5) is 0 Å². The van der Waals surface area contributed by atoms with Gasteiger partial charge in [0.1, 0.15) is 0 Å². The van der Waals surface area contributed by atoms with E-state index in [1.165, 1.54) is 11.3 Å². The number of H-pyrrole nitrogens is 1. The van der Waals surface area contributed by atoms with Crippen molar-refractivity contribution in [1.29, 1.82) is 0 Å². The van der Waals surface area contributed by atoms with Crippen LogP contribution < -0.4 is 5.32 Å². The highest BCUT2D eigenvalue weighted by atomic mass is 15.3. The lowest BCUT2D eigenvalue weighted by atomic mass is 10.1. The molecule has 0 aromatic carbocycles. The van der Waals surface area contributed by atoms with Crippen LogP contribution in [0.15, 0.2) is 24.5 Å². The van der Waals surface area contributed by atoms with Crippen LogP contribution in [0.3, 0.4) is 0 Å². The third-order valence-corrected chi connectivity index (χ3v) is 2.78. The van der Waals surface area contributed by atoms with E-state index in [2.05, 4.69) is 34.6 Å². The number of hydrogen-bond acceptors (Lipinski definition) is 2. The molecule has 16 heavy (non-hydrogen) atoms. The first-order valence-electron chi connectivity index (χ1n) is 5.52. The van der Waals surface area contributed by atoms with E-state index in [-0.39, 0.29) is 0 Å². The van der Waals surface area contributed by atoms with Gasteiger partial charge in [-0.2, -0.15) is 5.10 Å². The maximum absolute atomic E-state index is 4.35. The molecular formula is C12H18N4. The molecule has 2 aromatic rings. The molecule has 4 nitrogen and oxygen atoms in total. The van der Waals surface area contributed by atoms with E-state index in [4.69, 9.17) is 0 Å². The van der Waals surface area contributed by atoms with Crippen molar-refractivity contribution in [3.63, 3.8) is 0 Å². The van der Waals surface area contributed by atoms with Crippen LogP contribution >= 0.6 is 0 Å². The van der Waals surface area contributed by atoms with Gasteiger partial charge in [0.05, 0.1) is 5.69 Å². The van der Waals surface area contributed by atoms with Crippen LogP contribution in [0, 0.1) is 6.92 Å². The van der Waals surface area contributed by atoms with Crippen molar-refractivity contribution in [3.8, 4) is 0 Å². The Morgan fingerprint density at radius 3 is 2.94 bits per heavy atom. The van der Waals surface area contributed by atoms with Gasteiger partial charge in [-0.25, -0.2) is 0 Å². The van der Waals surface area contributed by atoms with E-state index in [1.54, 1.807) is 0 Å². The van der Waals surface area contributed by atoms with Crippen LogP contribution in [0.2, 0.25) is 0 Å². The highest BCUT2D eigenvalue weighted by Crippen LogP contribution is 2.15. The van der Waals surface area contributed by atoms with Gasteiger partial charge in [-0.15, -0.1) is 0 Å². The first-order valence-corrected chi connectivity index (χ1v) is 5.52. The molecule has 0 fully saturated rings. The number of aryl methyl sites for hydroxylation is 2. The molecule has 2 rings (SSSR count). The largest absolute Gasteiger partial charge is 0.364 e. The van der Waals surface area contributed by atoms with Crippen molar-refractivity contribution < 1.29 is 0 Å². The number of nitrogens with zero attached hydrogens (tertiary/aromatic N) is 2. The molecule has 86 valence electrons. The van der Waals surface area contributed by atoms with Gasteiger partial charge in [-0.1, -0.05) is 0 Å². The first kappa shape index (κ1) is 11.0. The standard InChI is InChI=1S/C12H18N4/c1-9(12-8-16(3)15-10(12)2)14-7-11-5-4-6-13-11/h4-6,8-9,13-14H,7H2,1-3H3. The molecule has 0 spiro atoms. The van der Waals surface area contributed by atoms with E-state index < -0.39 is 0 Å². The summed E-state index contributed by atoms with van der Waals surface area (Å²) >= 11 is 0. The Morgan fingerprint density at radius 2 is 2.38 bits per heavy atom. The van der Waals surface area contributed by atoms with Gasteiger partial charge in [0.25, 0.3) is 0 Å². The fourth-order valence-corrected chi connectivity index (χ4v) is 1.89. The lowest BCUT2D eigenvalue weighted by molar-refractivity contribution is 0.566. The number of rotatable bonds is 4. The second-order valence-corrected chi connectivity index (χ2v) is 4.14. The minimum Gasteiger partial charge on any atom is -0.364 e. The third-order valence-electron chi connectivity index (χ3n) is 2.78. The van der Waals surface area contributed by atoms with Gasteiger partial charge in [0.15, 0.2) is 0 Å². The van der Waals surface area contributed by atoms with Crippen LogP contribution in [0.1, 0.15) is 29.9 Å². The van der Waals surface area contributed by atoms with E-state index in [1.807, 2.05) is 30.9 Å². The van der Waals surface area contributed by atoms with Crippen LogP contribution in [-0.4, -0.2) is 14.8 Å². The normalized spacial score (nSPS) is 12.9. The Morgan fingerprint density at radius 1 is 1.56 bits per heavy atom. The summed E-state index contributed by atoms with van der Waals surface area (Å²) < 4.78 is 1.86. The zero-order valence-corrected chi connectivity index (χ0v) is 9.99. The zero-order chi connectivity index (χ0) is 11.5. The monoisotopic (exact) mass is 218 g/mol. The summed E-state index contributed by atoms with van der Waals surface area (Å²) in [6, 6.07) is 4.41. The van der Waals surface area contributed by atoms with E-state index in [9.17, 15) is 0 Å². The Kier molecular flexibility index (Phi) is 3.10. The van der Waals surface area contributed by atoms with Gasteiger partial charge in [0.2, 0.25) is 0 Å². The zero-order valence-electron chi connectivity index (χ0n) is 9.99. The SMILES string of the molecule is Cc1nn(C)cc1C(C)NCc1ccc[nH]1. The topological polar surface area (TPSA) is 45.6 Å². The summed E-state index contributed by atoms with van der Waals surface area (Å²) in [7, 11) is 1.95. The number of aromatic amines is 1. The third kappa shape index (κ3) is 2.33. The predicted octanol–water partition coefficient (Wildman–Crippen LogP) is 1.91. The Hall–Kier alpha value is -1.55. The van der Waals surface area contributed by atoms with Crippen molar-refractivity contribution >= 4 is 0 Å². The average molecular weight is 218 g/mol. The Balaban J connectivity index is 1.98. The minimum absolute atomic E-state index is 0.317. The lowest BCUT2D eigenvalue weighted by Crippen LogP contribution is -2.18. The van der Waals surface area contributed by atoms with Crippen molar-refractivity contribution in [2.24, 2.45) is 7.05 Å². The van der Waals surface area contributed by atoms with Crippen molar-refractivity contribution in [1.82, 2.24) is 20.1 Å². The molecule has 0 saturated heterocycles. The summed E-state index contributed by atoms with van der Waals surface area (Å²) in [5.74, 6) is 0. The molecule has 2 aromatic heterocycles. The Bertz CT molecular complexity index is 442. The molecule has 0 saturated carbocycles. The molecule has 1 unspecified atom stereocenters. The summed E-state index contributed by atoms with van der Waals surface area (Å²) in [5.41, 5.74) is 3.55. The molecule has 0 aliphatic rings. The van der Waals surface area contributed by atoms with E-state index in [0.29, 0.717) is 6.04 Å². The minimum atomic E-state index is 0.317. The highest BCUT2D eigenvalue weighted by molar-refractivity contribution is 5.19. The first-order chi connectivity index (χ1) is 7.66. The molecule has 1 atom stereocenters. The Labute approximate surface area is 95.7 Å². The summed E-state index contributed by atoms with van der Waals surface area (Å²) in [6.45, 7) is 5.05. The van der Waals surface area contributed by atoms with Gasteiger partial charge in [0, 0.05) is 43.3 Å². The average Bonchev–Trinajstić information content (AvgIpc) is 2.84. The van der Waals surface area contributed by atoms with Gasteiger partial charge < -0.3 is 10.3 Å². The molecule has 0 amide bonds. The van der Waals surface area contributed by atoms with Crippen molar-refractivity contribution in [3.05, 3.63) is 41.5 Å².